The normalized spacial score (nSPS) is 19.1. The highest BCUT2D eigenvalue weighted by Gasteiger charge is 2.22. The second-order valence-electron chi connectivity index (χ2n) is 3.05. The van der Waals surface area contributed by atoms with E-state index >= 15 is 0 Å². The Bertz CT molecular complexity index is 398. The van der Waals surface area contributed by atoms with Gasteiger partial charge in [-0.25, -0.2) is 4.79 Å². The van der Waals surface area contributed by atoms with Gasteiger partial charge in [0.05, 0.1) is 19.3 Å². The number of aliphatic imine (C=N–C) groups is 1. The van der Waals surface area contributed by atoms with E-state index in [1.165, 1.54) is 7.11 Å². The molecular formula is C9H9BrN2O2. The first-order chi connectivity index (χ1) is 6.70. The summed E-state index contributed by atoms with van der Waals surface area (Å²) in [4.78, 5) is 15.3. The molecule has 1 aliphatic rings. The molecule has 0 N–H and O–H groups in total. The van der Waals surface area contributed by atoms with E-state index in [0.717, 1.165) is 10.2 Å². The minimum Gasteiger partial charge on any atom is -0.467 e. The molecule has 1 aromatic rings. The SMILES string of the molecule is COC(=O)C1Cn2cc(Br)cc2C=N1. The highest BCUT2D eigenvalue weighted by Crippen LogP contribution is 2.17. The van der Waals surface area contributed by atoms with Gasteiger partial charge in [0, 0.05) is 16.9 Å². The summed E-state index contributed by atoms with van der Waals surface area (Å²) in [5.74, 6) is -0.295. The highest BCUT2D eigenvalue weighted by atomic mass is 79.9. The van der Waals surface area contributed by atoms with Crippen molar-refractivity contribution in [3.8, 4) is 0 Å². The molecule has 2 heterocycles. The van der Waals surface area contributed by atoms with Gasteiger partial charge in [-0.15, -0.1) is 0 Å². The molecule has 0 fully saturated rings. The summed E-state index contributed by atoms with van der Waals surface area (Å²) in [6, 6.07) is 1.54. The average molecular weight is 257 g/mol. The van der Waals surface area contributed by atoms with Crippen LogP contribution in [0.15, 0.2) is 21.7 Å². The Hall–Kier alpha value is -1.10. The van der Waals surface area contributed by atoms with Crippen LogP contribution in [0, 0.1) is 0 Å². The van der Waals surface area contributed by atoms with Gasteiger partial charge in [0.25, 0.3) is 0 Å². The average Bonchev–Trinajstić information content (AvgIpc) is 2.55. The second-order valence-corrected chi connectivity index (χ2v) is 3.97. The minimum atomic E-state index is -0.410. The molecule has 0 aliphatic carbocycles. The molecule has 74 valence electrons. The van der Waals surface area contributed by atoms with Crippen molar-refractivity contribution in [3.05, 3.63) is 22.4 Å². The number of hydrogen-bond acceptors (Lipinski definition) is 3. The molecular weight excluding hydrogens is 248 g/mol. The van der Waals surface area contributed by atoms with Crippen LogP contribution in [0.2, 0.25) is 0 Å². The molecule has 1 aliphatic heterocycles. The predicted octanol–water partition coefficient (Wildman–Crippen LogP) is 1.22. The lowest BCUT2D eigenvalue weighted by Crippen LogP contribution is -2.29. The van der Waals surface area contributed by atoms with Crippen molar-refractivity contribution in [2.24, 2.45) is 4.99 Å². The van der Waals surface area contributed by atoms with Crippen LogP contribution >= 0.6 is 15.9 Å². The Balaban J connectivity index is 2.24. The zero-order valence-electron chi connectivity index (χ0n) is 7.61. The third-order valence-corrected chi connectivity index (χ3v) is 2.56. The lowest BCUT2D eigenvalue weighted by molar-refractivity contribution is -0.142. The number of fused-ring (bicyclic) bond motifs is 1. The number of carbonyl (C=O) groups is 1. The van der Waals surface area contributed by atoms with E-state index in [2.05, 4.69) is 25.7 Å². The van der Waals surface area contributed by atoms with Gasteiger partial charge in [0.15, 0.2) is 6.04 Å². The van der Waals surface area contributed by atoms with E-state index < -0.39 is 6.04 Å². The van der Waals surface area contributed by atoms with Crippen LogP contribution in [0.1, 0.15) is 5.69 Å². The molecule has 2 rings (SSSR count). The number of nitrogens with zero attached hydrogens (tertiary/aromatic N) is 2. The van der Waals surface area contributed by atoms with Crippen LogP contribution in [-0.4, -0.2) is 29.9 Å². The van der Waals surface area contributed by atoms with Gasteiger partial charge in [-0.3, -0.25) is 4.99 Å². The molecule has 4 nitrogen and oxygen atoms in total. The van der Waals surface area contributed by atoms with Crippen LogP contribution < -0.4 is 0 Å². The van der Waals surface area contributed by atoms with Gasteiger partial charge < -0.3 is 9.30 Å². The summed E-state index contributed by atoms with van der Waals surface area (Å²) in [5, 5.41) is 0. The number of halogens is 1. The number of carbonyl (C=O) groups excluding carboxylic acids is 1. The number of esters is 1. The first-order valence-electron chi connectivity index (χ1n) is 4.17. The Morgan fingerprint density at radius 3 is 3.29 bits per heavy atom. The fourth-order valence-electron chi connectivity index (χ4n) is 1.43. The van der Waals surface area contributed by atoms with Crippen molar-refractivity contribution in [2.45, 2.75) is 12.6 Å². The van der Waals surface area contributed by atoms with Gasteiger partial charge in [-0.05, 0) is 22.0 Å². The fraction of sp³-hybridized carbons (Fsp3) is 0.333. The number of ether oxygens (including phenoxy) is 1. The first-order valence-corrected chi connectivity index (χ1v) is 4.96. The number of rotatable bonds is 1. The molecule has 0 spiro atoms. The van der Waals surface area contributed by atoms with E-state index in [-0.39, 0.29) is 5.97 Å². The minimum absolute atomic E-state index is 0.295. The molecule has 0 saturated carbocycles. The van der Waals surface area contributed by atoms with Crippen LogP contribution in [0.3, 0.4) is 0 Å². The fourth-order valence-corrected chi connectivity index (χ4v) is 1.91. The van der Waals surface area contributed by atoms with Gasteiger partial charge in [-0.1, -0.05) is 0 Å². The molecule has 5 heteroatoms. The number of aromatic nitrogens is 1. The Morgan fingerprint density at radius 1 is 1.79 bits per heavy atom. The smallest absolute Gasteiger partial charge is 0.332 e. The summed E-state index contributed by atoms with van der Waals surface area (Å²) in [7, 11) is 1.37. The van der Waals surface area contributed by atoms with Crippen molar-refractivity contribution in [1.29, 1.82) is 0 Å². The maximum Gasteiger partial charge on any atom is 0.332 e. The first kappa shape index (κ1) is 9.45. The second kappa shape index (κ2) is 3.57. The maximum absolute atomic E-state index is 11.2. The monoisotopic (exact) mass is 256 g/mol. The summed E-state index contributed by atoms with van der Waals surface area (Å²) in [5.41, 5.74) is 0.997. The van der Waals surface area contributed by atoms with Crippen molar-refractivity contribution in [2.75, 3.05) is 7.11 Å². The van der Waals surface area contributed by atoms with Gasteiger partial charge in [0.1, 0.15) is 0 Å². The molecule has 14 heavy (non-hydrogen) atoms. The zero-order valence-corrected chi connectivity index (χ0v) is 9.19. The molecule has 0 radical (unpaired) electrons. The molecule has 0 saturated heterocycles. The Kier molecular flexibility index (Phi) is 2.41. The molecule has 1 aromatic heterocycles. The third kappa shape index (κ3) is 1.59. The lowest BCUT2D eigenvalue weighted by atomic mass is 10.2. The van der Waals surface area contributed by atoms with E-state index in [0.29, 0.717) is 6.54 Å². The Morgan fingerprint density at radius 2 is 2.57 bits per heavy atom. The van der Waals surface area contributed by atoms with Gasteiger partial charge in [-0.2, -0.15) is 0 Å². The van der Waals surface area contributed by atoms with E-state index in [1.807, 2.05) is 16.8 Å². The van der Waals surface area contributed by atoms with Crippen molar-refractivity contribution >= 4 is 28.1 Å². The van der Waals surface area contributed by atoms with E-state index in [1.54, 1.807) is 6.21 Å². The van der Waals surface area contributed by atoms with Crippen LogP contribution in [0.25, 0.3) is 0 Å². The summed E-state index contributed by atoms with van der Waals surface area (Å²) in [6.07, 6.45) is 3.62. The molecule has 1 unspecified atom stereocenters. The predicted molar refractivity (Wildman–Crippen MR) is 55.5 cm³/mol. The molecule has 0 bridgehead atoms. The number of hydrogen-bond donors (Lipinski definition) is 0. The topological polar surface area (TPSA) is 43.6 Å². The molecule has 1 atom stereocenters. The Labute approximate surface area is 89.7 Å². The maximum atomic E-state index is 11.2. The lowest BCUT2D eigenvalue weighted by Gasteiger charge is -2.16. The van der Waals surface area contributed by atoms with E-state index in [9.17, 15) is 4.79 Å². The van der Waals surface area contributed by atoms with Crippen molar-refractivity contribution in [3.63, 3.8) is 0 Å². The van der Waals surface area contributed by atoms with Crippen LogP contribution in [-0.2, 0) is 16.1 Å². The van der Waals surface area contributed by atoms with Gasteiger partial charge in [0.2, 0.25) is 0 Å². The van der Waals surface area contributed by atoms with Crippen LogP contribution in [0.4, 0.5) is 0 Å². The summed E-state index contributed by atoms with van der Waals surface area (Å²) >= 11 is 3.37. The molecule has 0 aromatic carbocycles. The molecule has 0 amide bonds. The largest absolute Gasteiger partial charge is 0.467 e. The van der Waals surface area contributed by atoms with Crippen molar-refractivity contribution in [1.82, 2.24) is 4.57 Å². The third-order valence-electron chi connectivity index (χ3n) is 2.13. The highest BCUT2D eigenvalue weighted by molar-refractivity contribution is 9.10. The van der Waals surface area contributed by atoms with E-state index in [4.69, 9.17) is 0 Å². The van der Waals surface area contributed by atoms with Gasteiger partial charge >= 0.3 is 5.97 Å². The summed E-state index contributed by atoms with van der Waals surface area (Å²) in [6.45, 7) is 0.546. The standard InChI is InChI=1S/C9H9BrN2O2/c1-14-9(13)8-5-12-4-6(10)2-7(12)3-11-8/h2-4,8H,5H2,1H3. The van der Waals surface area contributed by atoms with Crippen molar-refractivity contribution < 1.29 is 9.53 Å². The number of methoxy groups -OCH3 is 1. The summed E-state index contributed by atoms with van der Waals surface area (Å²) < 4.78 is 7.59. The quantitative estimate of drug-likeness (QED) is 0.710. The van der Waals surface area contributed by atoms with Crippen LogP contribution in [0.5, 0.6) is 0 Å². The zero-order chi connectivity index (χ0) is 10.1.